The Balaban J connectivity index is 2.75. The summed E-state index contributed by atoms with van der Waals surface area (Å²) in [7, 11) is 1.43. The number of nitrogens with zero attached hydrogens (tertiary/aromatic N) is 1. The normalized spacial score (nSPS) is 9.95. The van der Waals surface area contributed by atoms with E-state index in [9.17, 15) is 14.0 Å². The topological polar surface area (TPSA) is 78.9 Å². The summed E-state index contributed by atoms with van der Waals surface area (Å²) in [6.45, 7) is 2.09. The number of urea groups is 1. The summed E-state index contributed by atoms with van der Waals surface area (Å²) in [5.41, 5.74) is -0.0110. The van der Waals surface area contributed by atoms with E-state index < -0.39 is 17.8 Å². The molecule has 20 heavy (non-hydrogen) atoms. The molecule has 110 valence electrons. The average molecular weight is 284 g/mol. The molecule has 0 aliphatic carbocycles. The number of benzene rings is 1. The van der Waals surface area contributed by atoms with E-state index in [0.29, 0.717) is 12.3 Å². The Morgan fingerprint density at radius 1 is 1.45 bits per heavy atom. The third-order valence-corrected chi connectivity index (χ3v) is 2.68. The van der Waals surface area contributed by atoms with Crippen LogP contribution < -0.4 is 10.1 Å². The predicted molar refractivity (Wildman–Crippen MR) is 71.5 cm³/mol. The lowest BCUT2D eigenvalue weighted by molar-refractivity contribution is -0.137. The van der Waals surface area contributed by atoms with Crippen molar-refractivity contribution < 1.29 is 23.8 Å². The van der Waals surface area contributed by atoms with E-state index >= 15 is 0 Å². The molecule has 6 nitrogen and oxygen atoms in total. The molecular weight excluding hydrogens is 267 g/mol. The molecule has 7 heteroatoms. The van der Waals surface area contributed by atoms with E-state index in [4.69, 9.17) is 9.84 Å². The number of aliphatic carboxylic acids is 1. The van der Waals surface area contributed by atoms with Crippen molar-refractivity contribution in [2.75, 3.05) is 25.5 Å². The first-order valence-corrected chi connectivity index (χ1v) is 6.09. The zero-order valence-electron chi connectivity index (χ0n) is 11.4. The molecule has 0 bridgehead atoms. The highest BCUT2D eigenvalue weighted by Crippen LogP contribution is 2.21. The molecule has 1 aromatic carbocycles. The van der Waals surface area contributed by atoms with Gasteiger partial charge >= 0.3 is 12.0 Å². The van der Waals surface area contributed by atoms with Gasteiger partial charge in [0.25, 0.3) is 0 Å². The van der Waals surface area contributed by atoms with Gasteiger partial charge in [-0.15, -0.1) is 0 Å². The van der Waals surface area contributed by atoms with Crippen molar-refractivity contribution in [1.29, 1.82) is 0 Å². The highest BCUT2D eigenvalue weighted by molar-refractivity contribution is 5.89. The zero-order chi connectivity index (χ0) is 15.1. The molecule has 0 radical (unpaired) electrons. The van der Waals surface area contributed by atoms with Crippen LogP contribution in [-0.4, -0.2) is 42.2 Å². The van der Waals surface area contributed by atoms with Gasteiger partial charge in [0, 0.05) is 19.2 Å². The minimum absolute atomic E-state index is 0.0110. The Morgan fingerprint density at radius 2 is 2.15 bits per heavy atom. The molecule has 0 aliphatic rings. The lowest BCUT2D eigenvalue weighted by Gasteiger charge is -2.20. The predicted octanol–water partition coefficient (Wildman–Crippen LogP) is 2.16. The van der Waals surface area contributed by atoms with Crippen molar-refractivity contribution in [2.24, 2.45) is 0 Å². The summed E-state index contributed by atoms with van der Waals surface area (Å²) in [4.78, 5) is 23.7. The number of hydrogen-bond donors (Lipinski definition) is 2. The van der Waals surface area contributed by atoms with E-state index in [1.54, 1.807) is 6.92 Å². The molecule has 0 atom stereocenters. The second-order valence-corrected chi connectivity index (χ2v) is 4.00. The number of carboxylic acids is 1. The summed E-state index contributed by atoms with van der Waals surface area (Å²) in [5, 5.41) is 11.0. The molecule has 0 saturated carbocycles. The Hall–Kier alpha value is -2.31. The second-order valence-electron chi connectivity index (χ2n) is 4.00. The highest BCUT2D eigenvalue weighted by atomic mass is 19.1. The molecular formula is C13H17FN2O4. The van der Waals surface area contributed by atoms with Gasteiger partial charge in [-0.2, -0.15) is 0 Å². The third kappa shape index (κ3) is 4.42. The number of rotatable bonds is 6. The van der Waals surface area contributed by atoms with Crippen LogP contribution in [0.5, 0.6) is 5.75 Å². The zero-order valence-corrected chi connectivity index (χ0v) is 11.4. The monoisotopic (exact) mass is 284 g/mol. The number of methoxy groups -OCH3 is 1. The number of nitrogens with one attached hydrogen (secondary N) is 1. The van der Waals surface area contributed by atoms with Gasteiger partial charge < -0.3 is 20.1 Å². The van der Waals surface area contributed by atoms with Crippen LogP contribution in [0.25, 0.3) is 0 Å². The largest absolute Gasteiger partial charge is 0.497 e. The van der Waals surface area contributed by atoms with Gasteiger partial charge in [0.2, 0.25) is 0 Å². The number of carbonyl (C=O) groups excluding carboxylic acids is 1. The first kappa shape index (κ1) is 15.7. The summed E-state index contributed by atoms with van der Waals surface area (Å²) in [6.07, 6.45) is -0.165. The second kappa shape index (κ2) is 7.32. The molecule has 0 aromatic heterocycles. The number of halogens is 1. The van der Waals surface area contributed by atoms with Crippen LogP contribution in [-0.2, 0) is 4.79 Å². The van der Waals surface area contributed by atoms with E-state index in [0.717, 1.165) is 0 Å². The summed E-state index contributed by atoms with van der Waals surface area (Å²) >= 11 is 0. The molecule has 1 rings (SSSR count). The Labute approximate surface area is 116 Å². The number of carbonyl (C=O) groups is 2. The van der Waals surface area contributed by atoms with Gasteiger partial charge in [0.15, 0.2) is 0 Å². The molecule has 2 N–H and O–H groups in total. The molecule has 0 aliphatic heterocycles. The van der Waals surface area contributed by atoms with Gasteiger partial charge in [-0.25, -0.2) is 9.18 Å². The van der Waals surface area contributed by atoms with Crippen molar-refractivity contribution in [2.45, 2.75) is 13.3 Å². The summed E-state index contributed by atoms with van der Waals surface area (Å²) in [6, 6.07) is 3.42. The molecule has 1 aromatic rings. The molecule has 0 saturated heterocycles. The van der Waals surface area contributed by atoms with Crippen molar-refractivity contribution in [3.05, 3.63) is 24.0 Å². The van der Waals surface area contributed by atoms with E-state index in [2.05, 4.69) is 5.32 Å². The minimum atomic E-state index is -0.996. The number of anilines is 1. The maximum atomic E-state index is 13.6. The first-order chi connectivity index (χ1) is 9.47. The van der Waals surface area contributed by atoms with Crippen LogP contribution in [0.4, 0.5) is 14.9 Å². The van der Waals surface area contributed by atoms with Gasteiger partial charge in [-0.1, -0.05) is 0 Å². The van der Waals surface area contributed by atoms with Crippen LogP contribution in [0.15, 0.2) is 18.2 Å². The summed E-state index contributed by atoms with van der Waals surface area (Å²) in [5.74, 6) is -1.17. The molecule has 0 fully saturated rings. The van der Waals surface area contributed by atoms with Crippen molar-refractivity contribution >= 4 is 17.7 Å². The van der Waals surface area contributed by atoms with Crippen molar-refractivity contribution in [3.8, 4) is 5.75 Å². The van der Waals surface area contributed by atoms with Crippen LogP contribution in [0.1, 0.15) is 13.3 Å². The van der Waals surface area contributed by atoms with Gasteiger partial charge in [0.1, 0.15) is 11.6 Å². The number of amides is 2. The number of carboxylic acid groups (broad SMARTS) is 1. The van der Waals surface area contributed by atoms with E-state index in [-0.39, 0.29) is 18.7 Å². The van der Waals surface area contributed by atoms with Crippen molar-refractivity contribution in [3.63, 3.8) is 0 Å². The molecule has 0 unspecified atom stereocenters. The fraction of sp³-hybridized carbons (Fsp3) is 0.385. The maximum absolute atomic E-state index is 13.6. The molecule has 2 amide bonds. The van der Waals surface area contributed by atoms with E-state index in [1.165, 1.54) is 30.2 Å². The van der Waals surface area contributed by atoms with Crippen LogP contribution in [0, 0.1) is 5.82 Å². The van der Waals surface area contributed by atoms with Crippen molar-refractivity contribution in [1.82, 2.24) is 4.90 Å². The van der Waals surface area contributed by atoms with Crippen LogP contribution in [0.2, 0.25) is 0 Å². The lowest BCUT2D eigenvalue weighted by Crippen LogP contribution is -2.36. The molecule has 0 heterocycles. The highest BCUT2D eigenvalue weighted by Gasteiger charge is 2.15. The average Bonchev–Trinajstić information content (AvgIpc) is 2.41. The minimum Gasteiger partial charge on any atom is -0.497 e. The Bertz CT molecular complexity index is 493. The maximum Gasteiger partial charge on any atom is 0.321 e. The fourth-order valence-corrected chi connectivity index (χ4v) is 1.56. The fourth-order valence-electron chi connectivity index (χ4n) is 1.56. The number of hydrogen-bond acceptors (Lipinski definition) is 3. The quantitative estimate of drug-likeness (QED) is 0.839. The SMILES string of the molecule is CCN(CCC(=O)O)C(=O)Nc1cc(OC)ccc1F. The Kier molecular flexibility index (Phi) is 5.76. The summed E-state index contributed by atoms with van der Waals surface area (Å²) < 4.78 is 18.5. The lowest BCUT2D eigenvalue weighted by atomic mass is 10.3. The smallest absolute Gasteiger partial charge is 0.321 e. The van der Waals surface area contributed by atoms with Gasteiger partial charge in [-0.3, -0.25) is 4.79 Å². The standard InChI is InChI=1S/C13H17FN2O4/c1-3-16(7-6-12(17)18)13(19)15-11-8-9(20-2)4-5-10(11)14/h4-5,8H,3,6-7H2,1-2H3,(H,15,19)(H,17,18). The number of ether oxygens (including phenoxy) is 1. The van der Waals surface area contributed by atoms with Crippen LogP contribution in [0.3, 0.4) is 0 Å². The molecule has 0 spiro atoms. The van der Waals surface area contributed by atoms with E-state index in [1.807, 2.05) is 0 Å². The van der Waals surface area contributed by atoms with Gasteiger partial charge in [-0.05, 0) is 19.1 Å². The van der Waals surface area contributed by atoms with Gasteiger partial charge in [0.05, 0.1) is 19.2 Å². The third-order valence-electron chi connectivity index (χ3n) is 2.68. The first-order valence-electron chi connectivity index (χ1n) is 6.09. The Morgan fingerprint density at radius 3 is 2.70 bits per heavy atom. The van der Waals surface area contributed by atoms with Crippen LogP contribution >= 0.6 is 0 Å².